The lowest BCUT2D eigenvalue weighted by Gasteiger charge is -2.27. The van der Waals surface area contributed by atoms with Gasteiger partial charge in [-0.05, 0) is 55.7 Å². The number of carboxylic acids is 1. The van der Waals surface area contributed by atoms with Crippen LogP contribution in [0.25, 0.3) is 0 Å². The van der Waals surface area contributed by atoms with Crippen molar-refractivity contribution < 1.29 is 24.2 Å². The largest absolute Gasteiger partial charge is 0.491 e. The van der Waals surface area contributed by atoms with Gasteiger partial charge >= 0.3 is 5.97 Å². The van der Waals surface area contributed by atoms with Gasteiger partial charge in [0.2, 0.25) is 0 Å². The van der Waals surface area contributed by atoms with Crippen molar-refractivity contribution in [3.05, 3.63) is 64.7 Å². The molecule has 0 aromatic heterocycles. The van der Waals surface area contributed by atoms with Crippen molar-refractivity contribution in [3.63, 3.8) is 0 Å². The predicted octanol–water partition coefficient (Wildman–Crippen LogP) is 3.10. The van der Waals surface area contributed by atoms with Crippen LogP contribution in [0.2, 0.25) is 0 Å². The number of nitrogens with zero attached hydrogens (tertiary/aromatic N) is 1. The van der Waals surface area contributed by atoms with Crippen molar-refractivity contribution in [1.29, 1.82) is 0 Å². The Morgan fingerprint density at radius 3 is 2.56 bits per heavy atom. The van der Waals surface area contributed by atoms with Crippen LogP contribution < -0.4 is 10.1 Å². The van der Waals surface area contributed by atoms with Gasteiger partial charge in [0, 0.05) is 31.1 Å². The Hall–Kier alpha value is -2.90. The van der Waals surface area contributed by atoms with Crippen LogP contribution >= 0.6 is 0 Å². The summed E-state index contributed by atoms with van der Waals surface area (Å²) in [7, 11) is 0. The van der Waals surface area contributed by atoms with Gasteiger partial charge in [0.1, 0.15) is 18.4 Å². The second kappa shape index (κ2) is 11.1. The lowest BCUT2D eigenvalue weighted by atomic mass is 9.99. The minimum absolute atomic E-state index is 0.403. The number of carbonyl (C=O) groups is 2. The Labute approximate surface area is 189 Å². The summed E-state index contributed by atoms with van der Waals surface area (Å²) in [6, 6.07) is 13.1. The molecule has 0 fully saturated rings. The second-order valence-corrected chi connectivity index (χ2v) is 8.38. The minimum Gasteiger partial charge on any atom is -0.491 e. The van der Waals surface area contributed by atoms with E-state index in [9.17, 15) is 9.59 Å². The molecule has 0 saturated carbocycles. The summed E-state index contributed by atoms with van der Waals surface area (Å²) in [4.78, 5) is 26.0. The summed E-state index contributed by atoms with van der Waals surface area (Å²) < 4.78 is 11.7. The number of rotatable bonds is 4. The molecule has 1 aliphatic rings. The van der Waals surface area contributed by atoms with E-state index >= 15 is 0 Å². The maximum absolute atomic E-state index is 12.5. The first kappa shape index (κ1) is 23.8. The van der Waals surface area contributed by atoms with E-state index in [-0.39, 0.29) is 0 Å². The SMILES string of the molecule is CC(NC(=O)c1ccc2c(c1)Cc1cccc(c1)CN(C(C)C)CCOCCO2)C(=O)O. The van der Waals surface area contributed by atoms with Crippen LogP contribution in [0.15, 0.2) is 42.5 Å². The fourth-order valence-electron chi connectivity index (χ4n) is 3.65. The zero-order valence-electron chi connectivity index (χ0n) is 19.0. The molecule has 7 nitrogen and oxygen atoms in total. The number of ether oxygens (including phenoxy) is 2. The van der Waals surface area contributed by atoms with Crippen LogP contribution in [-0.2, 0) is 22.5 Å². The topological polar surface area (TPSA) is 88.1 Å². The number of fused-ring (bicyclic) bond motifs is 3. The molecule has 2 N–H and O–H groups in total. The summed E-state index contributed by atoms with van der Waals surface area (Å²) in [6.45, 7) is 9.03. The van der Waals surface area contributed by atoms with Crippen molar-refractivity contribution in [2.75, 3.05) is 26.4 Å². The monoisotopic (exact) mass is 440 g/mol. The Kier molecular flexibility index (Phi) is 8.25. The molecule has 32 heavy (non-hydrogen) atoms. The molecule has 1 heterocycles. The van der Waals surface area contributed by atoms with E-state index in [2.05, 4.69) is 48.3 Å². The van der Waals surface area contributed by atoms with Crippen LogP contribution in [0, 0.1) is 0 Å². The van der Waals surface area contributed by atoms with Gasteiger partial charge in [0.05, 0.1) is 13.2 Å². The second-order valence-electron chi connectivity index (χ2n) is 8.38. The lowest BCUT2D eigenvalue weighted by molar-refractivity contribution is -0.138. The highest BCUT2D eigenvalue weighted by Crippen LogP contribution is 2.25. The van der Waals surface area contributed by atoms with E-state index in [1.807, 2.05) is 0 Å². The molecule has 0 aliphatic carbocycles. The van der Waals surface area contributed by atoms with E-state index in [0.717, 1.165) is 24.2 Å². The van der Waals surface area contributed by atoms with Crippen LogP contribution in [-0.4, -0.2) is 60.3 Å². The predicted molar refractivity (Wildman–Crippen MR) is 122 cm³/mol. The maximum Gasteiger partial charge on any atom is 0.325 e. The quantitative estimate of drug-likeness (QED) is 0.760. The van der Waals surface area contributed by atoms with Gasteiger partial charge in [0.15, 0.2) is 0 Å². The number of hydrogen-bond donors (Lipinski definition) is 2. The molecule has 7 heteroatoms. The van der Waals surface area contributed by atoms with E-state index in [1.54, 1.807) is 18.2 Å². The van der Waals surface area contributed by atoms with Crippen molar-refractivity contribution in [3.8, 4) is 5.75 Å². The third-order valence-electron chi connectivity index (χ3n) is 5.55. The number of aliphatic carboxylic acids is 1. The molecule has 2 aromatic carbocycles. The lowest BCUT2D eigenvalue weighted by Crippen LogP contribution is -2.38. The summed E-state index contributed by atoms with van der Waals surface area (Å²) in [6.07, 6.45) is 0.599. The van der Waals surface area contributed by atoms with Gasteiger partial charge in [-0.2, -0.15) is 0 Å². The van der Waals surface area contributed by atoms with Crippen LogP contribution in [0.5, 0.6) is 5.75 Å². The molecule has 1 unspecified atom stereocenters. The normalized spacial score (nSPS) is 16.4. The molecule has 1 atom stereocenters. The molecular weight excluding hydrogens is 408 g/mol. The van der Waals surface area contributed by atoms with Gasteiger partial charge in [-0.15, -0.1) is 0 Å². The average Bonchev–Trinajstić information content (AvgIpc) is 2.75. The van der Waals surface area contributed by atoms with Crippen molar-refractivity contribution >= 4 is 11.9 Å². The number of nitrogens with one attached hydrogen (secondary N) is 1. The highest BCUT2D eigenvalue weighted by atomic mass is 16.5. The van der Waals surface area contributed by atoms with E-state index < -0.39 is 17.9 Å². The average molecular weight is 441 g/mol. The zero-order valence-corrected chi connectivity index (χ0v) is 19.0. The molecule has 0 saturated heterocycles. The Bertz CT molecular complexity index is 944. The standard InChI is InChI=1S/C25H32N2O5/c1-17(2)27-9-10-31-11-12-32-23-8-7-21(24(28)26-18(3)25(29)30)15-22(23)14-19-5-4-6-20(13-19)16-27/h4-8,13,15,17-18H,9-12,14,16H2,1-3H3,(H,26,28)(H,29,30). The van der Waals surface area contributed by atoms with Gasteiger partial charge in [0.25, 0.3) is 5.91 Å². The van der Waals surface area contributed by atoms with Crippen molar-refractivity contribution in [1.82, 2.24) is 10.2 Å². The molecule has 1 aliphatic heterocycles. The van der Waals surface area contributed by atoms with Crippen molar-refractivity contribution in [2.45, 2.75) is 45.8 Å². The molecule has 0 spiro atoms. The molecule has 1 amide bonds. The van der Waals surface area contributed by atoms with Gasteiger partial charge < -0.3 is 19.9 Å². The first-order valence-electron chi connectivity index (χ1n) is 11.0. The Morgan fingerprint density at radius 1 is 1.03 bits per heavy atom. The third-order valence-corrected chi connectivity index (χ3v) is 5.55. The van der Waals surface area contributed by atoms with E-state index in [0.29, 0.717) is 43.6 Å². The minimum atomic E-state index is -1.08. The maximum atomic E-state index is 12.5. The summed E-state index contributed by atoms with van der Waals surface area (Å²) in [5, 5.41) is 11.6. The van der Waals surface area contributed by atoms with E-state index in [1.165, 1.54) is 12.5 Å². The molecule has 2 aromatic rings. The molecule has 2 bridgehead atoms. The number of carbonyl (C=O) groups excluding carboxylic acids is 1. The number of hydrogen-bond acceptors (Lipinski definition) is 5. The highest BCUT2D eigenvalue weighted by Gasteiger charge is 2.18. The van der Waals surface area contributed by atoms with Crippen LogP contribution in [0.3, 0.4) is 0 Å². The van der Waals surface area contributed by atoms with Crippen molar-refractivity contribution in [2.24, 2.45) is 0 Å². The molecule has 0 radical (unpaired) electrons. The molecule has 172 valence electrons. The number of carboxylic acid groups (broad SMARTS) is 1. The van der Waals surface area contributed by atoms with E-state index in [4.69, 9.17) is 14.6 Å². The summed E-state index contributed by atoms with van der Waals surface area (Å²) in [5.74, 6) is -0.804. The van der Waals surface area contributed by atoms with Crippen LogP contribution in [0.4, 0.5) is 0 Å². The summed E-state index contributed by atoms with van der Waals surface area (Å²) >= 11 is 0. The first-order valence-corrected chi connectivity index (χ1v) is 11.0. The number of amides is 1. The van der Waals surface area contributed by atoms with Crippen LogP contribution in [0.1, 0.15) is 47.8 Å². The third kappa shape index (κ3) is 6.55. The smallest absolute Gasteiger partial charge is 0.325 e. The Morgan fingerprint density at radius 2 is 1.81 bits per heavy atom. The highest BCUT2D eigenvalue weighted by molar-refractivity contribution is 5.96. The molecule has 3 rings (SSSR count). The fourth-order valence-corrected chi connectivity index (χ4v) is 3.65. The van der Waals surface area contributed by atoms with Gasteiger partial charge in [-0.25, -0.2) is 0 Å². The number of benzene rings is 2. The fraction of sp³-hybridized carbons (Fsp3) is 0.440. The first-order chi connectivity index (χ1) is 15.3. The Balaban J connectivity index is 1.89. The van der Waals surface area contributed by atoms with Gasteiger partial charge in [-0.3, -0.25) is 14.5 Å². The zero-order chi connectivity index (χ0) is 23.1. The molecular formula is C25H32N2O5. The van der Waals surface area contributed by atoms with Gasteiger partial charge in [-0.1, -0.05) is 24.3 Å². The summed E-state index contributed by atoms with van der Waals surface area (Å²) in [5.41, 5.74) is 3.62.